The number of aliphatic hydroxyl groups is 2. The molecule has 0 spiro atoms. The van der Waals surface area contributed by atoms with E-state index in [-0.39, 0.29) is 109 Å². The minimum Gasteiger partial charge on any atom is -0.475 e. The molecule has 0 radical (unpaired) electrons. The van der Waals surface area contributed by atoms with Gasteiger partial charge in [0.1, 0.15) is 128 Å². The number of carbonyl (C=O) groups is 6. The summed E-state index contributed by atoms with van der Waals surface area (Å²) in [6.07, 6.45) is -18.5. The Morgan fingerprint density at radius 1 is 0.554 bits per heavy atom. The number of aliphatic carboxylic acids is 1. The van der Waals surface area contributed by atoms with Crippen LogP contribution in [0.3, 0.4) is 0 Å². The van der Waals surface area contributed by atoms with Crippen molar-refractivity contribution in [3.63, 3.8) is 0 Å². The number of carboxylic acid groups (broad SMARTS) is 1. The smallest absolute Gasteiger partial charge is 0.475 e. The Kier molecular flexibility index (Phi) is 42.8. The van der Waals surface area contributed by atoms with E-state index in [2.05, 4.69) is 84.9 Å². The summed E-state index contributed by atoms with van der Waals surface area (Å²) in [7, 11) is -15.2. The summed E-state index contributed by atoms with van der Waals surface area (Å²) in [6.45, 7) is 1.25. The van der Waals surface area contributed by atoms with E-state index in [1.165, 1.54) is 89.5 Å². The lowest BCUT2D eigenvalue weighted by molar-refractivity contribution is -0.192. The standard InChI is InChI=1S/C39H53N13O18P2S2.C34H45N13O16P2S2.C2HF3O2/c1-39(2,3)69-38(57)47-23(10-9-22(74-73-4)14-43-37(56)63-15-20-5-7-21(8-6-20)49-50-42)35(54)68-31-26(67-34(30(31)53)52-19-46-29-32(41)44-18-45-33(29)52)17-65-72(61,62)70-24-13-28(51-12-11-27(40)48-36(51)55)66-25(24)16-64-71(58,59)60;1-66-67-19(11-39-34(51)57-12-17-2-4-18(5-3-17)44-45-38)6-7-20(35)32(49)62-28-23(61-31(27(28)48)47-16-42-26-29(37)40-15-41-30(26)47)14-59-65(55,56)63-21-10-25(46-9-8-24(36)43-33(46)50)60-22(21)13-58-64(52,53)54;3-2(4,5)1(6)7/h5-8,11-12,18-19,22-26,28,30-31,34,53H,9-10,13-17H2,1-4H3,(H,43,56)(H,47,57)(H,61,62)(H2,40,48,55)(H2,41,44,45)(H2,58,59,60);2-5,8-9,15-16,19-23,25,27-28,31,48H,6-7,10-14,35H2,1H3,(H,39,51)(H,55,56)(H2,36,43,50)(H2,37,40,41)(H2,52,53,54);(H,6,7)/t22-,23-,24-,25+,26+,28+,30+,31+,34+;19-,20-,21-,22+,23+,25+,27+,28+,31+;/m00./s1. The number of hydrogen-bond donors (Lipinski definition) is 17. The third-order valence-electron chi connectivity index (χ3n) is 20.7. The number of ether oxygens (including phenoxy) is 9. The number of nitrogens with zero attached hydrogens (tertiary/aromatic N) is 18. The van der Waals surface area contributed by atoms with Gasteiger partial charge in [0.25, 0.3) is 0 Å². The Labute approximate surface area is 847 Å². The molecule has 8 aromatic rings. The number of amides is 3. The first kappa shape index (κ1) is 119. The lowest BCUT2D eigenvalue weighted by Gasteiger charge is -2.27. The average molecular weight is 2250 g/mol. The van der Waals surface area contributed by atoms with Gasteiger partial charge in [-0.05, 0) is 93.3 Å². The molecule has 62 nitrogen and oxygen atoms in total. The number of phosphoric acid groups is 4. The second-order valence-corrected chi connectivity index (χ2v) is 43.3. The van der Waals surface area contributed by atoms with Crippen molar-refractivity contribution in [1.82, 2.24) is 74.1 Å². The number of carboxylic acids is 1. The van der Waals surface area contributed by atoms with Gasteiger partial charge >= 0.3 is 85.0 Å². The SMILES string of the molecule is CSS[C@@H](CC[C@H](N)C(=O)O[C@H]1[C@@H](O)[C@H](n2cnc3c(N)ncnc32)O[C@@H]1COP(=O)(O)O[C@H]1C[C@H](n2ccc(N)nc2=O)O[C@@H]1COP(=O)(O)O)CNC(=O)OCc1ccc(N=[N+]=[N-])cc1.CSS[C@@H](CC[C@H](NC(=O)OC(C)(C)C)C(=O)O[C@H]1[C@@H](O)[C@H](n2cnc3c(N)ncnc32)O[C@@H]1COP(=O)(O)O[C@H]1C[C@H](n2ccc(N)nc2=O)O[C@@H]1COP(=O)(O)O)CNC(=O)OCc1ccc(N=[N+]=[N-])cc1.O=C(O)C(F)(F)F. The zero-order valence-electron chi connectivity index (χ0n) is 77.6. The molecule has 810 valence electrons. The van der Waals surface area contributed by atoms with Crippen molar-refractivity contribution < 1.29 is 175 Å². The van der Waals surface area contributed by atoms with Gasteiger partial charge in [0.15, 0.2) is 47.6 Å². The number of phosphoric ester groups is 4. The van der Waals surface area contributed by atoms with E-state index in [0.29, 0.717) is 28.9 Å². The van der Waals surface area contributed by atoms with Crippen LogP contribution in [0.25, 0.3) is 43.2 Å². The van der Waals surface area contributed by atoms with Crippen LogP contribution < -0.4 is 56.0 Å². The number of carbonyl (C=O) groups excluding carboxylic acids is 5. The number of fused-ring (bicyclic) bond motifs is 2. The molecule has 0 bridgehead atoms. The highest BCUT2D eigenvalue weighted by atomic mass is 33.1. The van der Waals surface area contributed by atoms with E-state index in [1.807, 2.05) is 6.26 Å². The molecule has 4 aliphatic heterocycles. The fourth-order valence-corrected chi connectivity index (χ4v) is 20.6. The van der Waals surface area contributed by atoms with E-state index in [0.717, 1.165) is 21.8 Å². The number of imidazole rings is 2. The molecule has 0 saturated carbocycles. The summed E-state index contributed by atoms with van der Waals surface area (Å²) in [5.74, 6) is -5.14. The molecule has 4 fully saturated rings. The summed E-state index contributed by atoms with van der Waals surface area (Å²) in [6, 6.07) is 12.6. The van der Waals surface area contributed by atoms with Crippen molar-refractivity contribution in [3.05, 3.63) is 151 Å². The molecule has 4 aliphatic rings. The first-order chi connectivity index (χ1) is 69.7. The number of nitrogen functional groups attached to an aromatic ring is 4. The molecule has 3 amide bonds. The number of aromatic nitrogens is 12. The van der Waals surface area contributed by atoms with E-state index >= 15 is 0 Å². The van der Waals surface area contributed by atoms with Crippen molar-refractivity contribution in [3.8, 4) is 0 Å². The fraction of sp³-hybridized carbons (Fsp3) is 0.520. The summed E-state index contributed by atoms with van der Waals surface area (Å²) in [4.78, 5) is 197. The number of alkyl halides is 3. The van der Waals surface area contributed by atoms with Gasteiger partial charge in [-0.1, -0.05) is 102 Å². The molecule has 2 aromatic carbocycles. The number of esters is 2. The number of aliphatic hydroxyl groups excluding tert-OH is 2. The number of nitrogens with one attached hydrogen (secondary N) is 3. The quantitative estimate of drug-likeness (QED) is 0.00423. The van der Waals surface area contributed by atoms with Crippen LogP contribution in [0, 0.1) is 0 Å². The van der Waals surface area contributed by atoms with Gasteiger partial charge in [0.05, 0.1) is 39.1 Å². The van der Waals surface area contributed by atoms with E-state index in [4.69, 9.17) is 110 Å². The number of rotatable bonds is 45. The molecule has 73 heteroatoms. The highest BCUT2D eigenvalue weighted by molar-refractivity contribution is 8.77. The number of alkyl carbamates (subject to hydrolysis) is 3. The van der Waals surface area contributed by atoms with Crippen LogP contribution in [0.4, 0.5) is 62.2 Å². The minimum atomic E-state index is -5.31. The molecule has 6 aromatic heterocycles. The van der Waals surface area contributed by atoms with Crippen LogP contribution >= 0.6 is 74.5 Å². The molecule has 12 rings (SSSR count). The van der Waals surface area contributed by atoms with Crippen LogP contribution in [0.15, 0.2) is 118 Å². The Morgan fingerprint density at radius 2 is 0.946 bits per heavy atom. The highest BCUT2D eigenvalue weighted by Gasteiger charge is 2.54. The predicted molar refractivity (Wildman–Crippen MR) is 509 cm³/mol. The molecule has 20 atom stereocenters. The average Bonchev–Trinajstić information content (AvgIpc) is 1.62. The molecule has 148 heavy (non-hydrogen) atoms. The van der Waals surface area contributed by atoms with Crippen LogP contribution in [0.5, 0.6) is 0 Å². The van der Waals surface area contributed by atoms with E-state index in [9.17, 15) is 105 Å². The van der Waals surface area contributed by atoms with Gasteiger partial charge < -0.3 is 132 Å². The molecule has 10 heterocycles. The largest absolute Gasteiger partial charge is 0.490 e. The van der Waals surface area contributed by atoms with Crippen molar-refractivity contribution in [2.24, 2.45) is 16.0 Å². The molecule has 22 N–H and O–H groups in total. The Bertz CT molecular complexity index is 6360. The fourth-order valence-electron chi connectivity index (χ4n) is 14.0. The van der Waals surface area contributed by atoms with Crippen LogP contribution in [0.2, 0.25) is 0 Å². The van der Waals surface area contributed by atoms with Gasteiger partial charge in [-0.25, -0.2) is 81.7 Å². The summed E-state index contributed by atoms with van der Waals surface area (Å²) in [5, 5.41) is 44.8. The maximum atomic E-state index is 14.3. The van der Waals surface area contributed by atoms with Gasteiger partial charge in [0, 0.05) is 70.0 Å². The first-order valence-electron chi connectivity index (χ1n) is 42.9. The Morgan fingerprint density at radius 3 is 1.32 bits per heavy atom. The van der Waals surface area contributed by atoms with Gasteiger partial charge in [-0.3, -0.25) is 50.2 Å². The lowest BCUT2D eigenvalue weighted by Crippen LogP contribution is -2.48. The van der Waals surface area contributed by atoms with Crippen LogP contribution in [-0.4, -0.2) is 286 Å². The lowest BCUT2D eigenvalue weighted by atomic mass is 10.1. The molecule has 4 saturated heterocycles. The van der Waals surface area contributed by atoms with Crippen molar-refractivity contribution >= 4 is 168 Å². The third kappa shape index (κ3) is 35.7. The summed E-state index contributed by atoms with van der Waals surface area (Å²) in [5.41, 5.74) is 46.3. The normalized spacial score (nSPS) is 22.4. The Hall–Kier alpha value is -11.3. The van der Waals surface area contributed by atoms with E-state index in [1.54, 1.807) is 75.6 Å². The third-order valence-corrected chi connectivity index (χ3v) is 28.2. The van der Waals surface area contributed by atoms with E-state index < -0.39 is 220 Å². The summed E-state index contributed by atoms with van der Waals surface area (Å²) < 4.78 is 168. The molecule has 2 unspecified atom stereocenters. The number of halogens is 3. The number of hydrogen-bond acceptors (Lipinski definition) is 48. The second kappa shape index (κ2) is 53.4. The van der Waals surface area contributed by atoms with Crippen LogP contribution in [0.1, 0.15) is 95.3 Å². The minimum absolute atomic E-state index is 0.00357. The number of benzene rings is 2. The van der Waals surface area contributed by atoms with Crippen molar-refractivity contribution in [2.75, 3.05) is 75.0 Å². The number of azide groups is 2. The summed E-state index contributed by atoms with van der Waals surface area (Å²) >= 11 is 0. The monoisotopic (exact) mass is 2250 g/mol. The zero-order valence-corrected chi connectivity index (χ0v) is 84.4. The Balaban J connectivity index is 0.000000285. The first-order valence-corrected chi connectivity index (χ1v) is 54.2. The van der Waals surface area contributed by atoms with Gasteiger partial charge in [-0.2, -0.15) is 23.1 Å². The predicted octanol–water partition coefficient (Wildman–Crippen LogP) is 5.54. The number of anilines is 4. The van der Waals surface area contributed by atoms with Crippen molar-refractivity contribution in [2.45, 2.75) is 193 Å². The van der Waals surface area contributed by atoms with Gasteiger partial charge in [0.2, 0.25) is 0 Å². The molecular weight excluding hydrogens is 2150 g/mol. The van der Waals surface area contributed by atoms with Crippen LogP contribution in [-0.2, 0) is 116 Å². The van der Waals surface area contributed by atoms with Gasteiger partial charge in [-0.15, -0.1) is 0 Å². The number of nitrogens with two attached hydrogens (primary N) is 5. The topological polar surface area (TPSA) is 912 Å². The van der Waals surface area contributed by atoms with Crippen molar-refractivity contribution in [1.29, 1.82) is 0 Å². The highest BCUT2D eigenvalue weighted by Crippen LogP contribution is 2.53. The molecular formula is C75H99F3N26O36P4S4. The maximum Gasteiger partial charge on any atom is 0.490 e. The maximum absolute atomic E-state index is 14.3. The second-order valence-electron chi connectivity index (χ2n) is 32.4. The zero-order chi connectivity index (χ0) is 109. The molecule has 0 aliphatic carbocycles.